The van der Waals surface area contributed by atoms with E-state index in [4.69, 9.17) is 5.11 Å². The van der Waals surface area contributed by atoms with Crippen LogP contribution in [0.4, 0.5) is 17.8 Å². The van der Waals surface area contributed by atoms with E-state index in [2.05, 4.69) is 30.9 Å². The first-order valence-electron chi connectivity index (χ1n) is 5.85. The third kappa shape index (κ3) is 4.81. The van der Waals surface area contributed by atoms with Gasteiger partial charge >= 0.3 is 5.97 Å². The molecule has 1 heterocycles. The molecule has 8 heteroatoms. The van der Waals surface area contributed by atoms with Gasteiger partial charge in [-0.3, -0.25) is 4.79 Å². The Morgan fingerprint density at radius 2 is 1.44 bits per heavy atom. The summed E-state index contributed by atoms with van der Waals surface area (Å²) in [4.78, 5) is 22.8. The Labute approximate surface area is 105 Å². The molecule has 0 fully saturated rings. The number of aliphatic carboxylic acids is 1. The Kier molecular flexibility index (Phi) is 5.62. The molecule has 0 unspecified atom stereocenters. The fourth-order valence-electron chi connectivity index (χ4n) is 1.21. The highest BCUT2D eigenvalue weighted by Crippen LogP contribution is 2.08. The summed E-state index contributed by atoms with van der Waals surface area (Å²) in [7, 11) is 0. The molecule has 1 rings (SSSR count). The van der Waals surface area contributed by atoms with Crippen molar-refractivity contribution in [1.29, 1.82) is 0 Å². The van der Waals surface area contributed by atoms with E-state index < -0.39 is 5.97 Å². The summed E-state index contributed by atoms with van der Waals surface area (Å²) in [5, 5.41) is 17.4. The van der Waals surface area contributed by atoms with Gasteiger partial charge in [0.2, 0.25) is 17.8 Å². The van der Waals surface area contributed by atoms with Crippen molar-refractivity contribution >= 4 is 23.8 Å². The molecule has 0 aliphatic carbocycles. The molecule has 0 aliphatic heterocycles. The lowest BCUT2D eigenvalue weighted by atomic mass is 10.4. The summed E-state index contributed by atoms with van der Waals surface area (Å²) in [5.41, 5.74) is 0. The minimum atomic E-state index is -0.865. The zero-order valence-corrected chi connectivity index (χ0v) is 10.5. The SMILES string of the molecule is CCNc1nc(NCC)nc(NCCC(=O)O)n1. The number of aromatic nitrogens is 3. The average Bonchev–Trinajstić information content (AvgIpc) is 2.29. The molecule has 0 saturated carbocycles. The number of carboxylic acid groups (broad SMARTS) is 1. The van der Waals surface area contributed by atoms with Crippen molar-refractivity contribution in [3.05, 3.63) is 0 Å². The number of carbonyl (C=O) groups is 1. The zero-order valence-electron chi connectivity index (χ0n) is 10.5. The zero-order chi connectivity index (χ0) is 13.4. The van der Waals surface area contributed by atoms with Crippen molar-refractivity contribution in [2.75, 3.05) is 35.6 Å². The van der Waals surface area contributed by atoms with Crippen molar-refractivity contribution in [3.8, 4) is 0 Å². The molecule has 100 valence electrons. The Bertz CT molecular complexity index is 374. The maximum Gasteiger partial charge on any atom is 0.305 e. The first-order chi connectivity index (χ1) is 8.65. The number of hydrogen-bond donors (Lipinski definition) is 4. The van der Waals surface area contributed by atoms with Crippen LogP contribution < -0.4 is 16.0 Å². The lowest BCUT2D eigenvalue weighted by molar-refractivity contribution is -0.136. The Morgan fingerprint density at radius 3 is 1.83 bits per heavy atom. The molecular weight excluding hydrogens is 236 g/mol. The van der Waals surface area contributed by atoms with Crippen molar-refractivity contribution < 1.29 is 9.90 Å². The van der Waals surface area contributed by atoms with Crippen LogP contribution in [0.15, 0.2) is 0 Å². The van der Waals surface area contributed by atoms with Gasteiger partial charge in [-0.05, 0) is 13.8 Å². The highest BCUT2D eigenvalue weighted by molar-refractivity contribution is 5.67. The molecule has 0 spiro atoms. The van der Waals surface area contributed by atoms with E-state index in [9.17, 15) is 4.79 Å². The standard InChI is InChI=1S/C10H18N6O2/c1-3-11-8-14-9(12-4-2)16-10(15-8)13-6-5-7(17)18/h3-6H2,1-2H3,(H,17,18)(H3,11,12,13,14,15,16). The van der Waals surface area contributed by atoms with Gasteiger partial charge in [0.25, 0.3) is 0 Å². The predicted molar refractivity (Wildman–Crippen MR) is 68.9 cm³/mol. The second-order valence-electron chi connectivity index (χ2n) is 3.44. The van der Waals surface area contributed by atoms with Crippen LogP contribution in [-0.4, -0.2) is 45.7 Å². The van der Waals surface area contributed by atoms with E-state index in [1.54, 1.807) is 0 Å². The first-order valence-corrected chi connectivity index (χ1v) is 5.85. The molecular formula is C10H18N6O2. The van der Waals surface area contributed by atoms with E-state index >= 15 is 0 Å². The number of rotatable bonds is 8. The number of anilines is 3. The largest absolute Gasteiger partial charge is 0.481 e. The van der Waals surface area contributed by atoms with Gasteiger partial charge in [0, 0.05) is 19.6 Å². The van der Waals surface area contributed by atoms with Crippen LogP contribution >= 0.6 is 0 Å². The van der Waals surface area contributed by atoms with Crippen LogP contribution in [0.1, 0.15) is 20.3 Å². The molecule has 0 aliphatic rings. The second-order valence-corrected chi connectivity index (χ2v) is 3.44. The van der Waals surface area contributed by atoms with Gasteiger partial charge in [0.05, 0.1) is 6.42 Å². The molecule has 0 amide bonds. The highest BCUT2D eigenvalue weighted by Gasteiger charge is 2.05. The highest BCUT2D eigenvalue weighted by atomic mass is 16.4. The Hall–Kier alpha value is -2.12. The molecule has 0 bridgehead atoms. The molecule has 4 N–H and O–H groups in total. The van der Waals surface area contributed by atoms with Gasteiger partial charge in [0.1, 0.15) is 0 Å². The van der Waals surface area contributed by atoms with Crippen LogP contribution in [-0.2, 0) is 4.79 Å². The lowest BCUT2D eigenvalue weighted by Crippen LogP contribution is -2.14. The molecule has 18 heavy (non-hydrogen) atoms. The molecule has 1 aromatic heterocycles. The van der Waals surface area contributed by atoms with Gasteiger partial charge in [0.15, 0.2) is 0 Å². The van der Waals surface area contributed by atoms with Crippen molar-refractivity contribution in [3.63, 3.8) is 0 Å². The van der Waals surface area contributed by atoms with E-state index in [0.717, 1.165) is 0 Å². The van der Waals surface area contributed by atoms with E-state index in [1.165, 1.54) is 0 Å². The summed E-state index contributed by atoms with van der Waals surface area (Å²) < 4.78 is 0. The van der Waals surface area contributed by atoms with Gasteiger partial charge in [-0.25, -0.2) is 0 Å². The van der Waals surface area contributed by atoms with Gasteiger partial charge < -0.3 is 21.1 Å². The van der Waals surface area contributed by atoms with Gasteiger partial charge in [-0.2, -0.15) is 15.0 Å². The lowest BCUT2D eigenvalue weighted by Gasteiger charge is -2.09. The minimum absolute atomic E-state index is 0.0127. The third-order valence-electron chi connectivity index (χ3n) is 1.93. The molecule has 8 nitrogen and oxygen atoms in total. The summed E-state index contributed by atoms with van der Waals surface area (Å²) in [6.07, 6.45) is 0.0127. The molecule has 0 saturated heterocycles. The number of carboxylic acids is 1. The third-order valence-corrected chi connectivity index (χ3v) is 1.93. The van der Waals surface area contributed by atoms with Crippen molar-refractivity contribution in [2.24, 2.45) is 0 Å². The number of hydrogen-bond acceptors (Lipinski definition) is 7. The number of nitrogens with zero attached hydrogens (tertiary/aromatic N) is 3. The first kappa shape index (κ1) is 13.9. The smallest absolute Gasteiger partial charge is 0.305 e. The maximum absolute atomic E-state index is 10.4. The molecule has 0 radical (unpaired) electrons. The van der Waals surface area contributed by atoms with Gasteiger partial charge in [-0.15, -0.1) is 0 Å². The quantitative estimate of drug-likeness (QED) is 0.534. The summed E-state index contributed by atoms with van der Waals surface area (Å²) >= 11 is 0. The fourth-order valence-corrected chi connectivity index (χ4v) is 1.21. The molecule has 0 atom stereocenters. The predicted octanol–water partition coefficient (Wildman–Crippen LogP) is 0.622. The monoisotopic (exact) mass is 254 g/mol. The van der Waals surface area contributed by atoms with Crippen molar-refractivity contribution in [2.45, 2.75) is 20.3 Å². The van der Waals surface area contributed by atoms with E-state index in [0.29, 0.717) is 30.9 Å². The molecule has 0 aromatic carbocycles. The molecule has 1 aromatic rings. The summed E-state index contributed by atoms with van der Waals surface area (Å²) in [5.74, 6) is 0.413. The van der Waals surface area contributed by atoms with Crippen LogP contribution in [0.3, 0.4) is 0 Å². The van der Waals surface area contributed by atoms with E-state index in [1.807, 2.05) is 13.8 Å². The summed E-state index contributed by atoms with van der Waals surface area (Å²) in [6, 6.07) is 0. The fraction of sp³-hybridized carbons (Fsp3) is 0.600. The van der Waals surface area contributed by atoms with Crippen LogP contribution in [0.2, 0.25) is 0 Å². The van der Waals surface area contributed by atoms with E-state index in [-0.39, 0.29) is 13.0 Å². The van der Waals surface area contributed by atoms with Crippen molar-refractivity contribution in [1.82, 2.24) is 15.0 Å². The Balaban J connectivity index is 2.71. The number of nitrogens with one attached hydrogen (secondary N) is 3. The average molecular weight is 254 g/mol. The van der Waals surface area contributed by atoms with Gasteiger partial charge in [-0.1, -0.05) is 0 Å². The normalized spacial score (nSPS) is 9.89. The van der Waals surface area contributed by atoms with Crippen LogP contribution in [0.5, 0.6) is 0 Å². The maximum atomic E-state index is 10.4. The topological polar surface area (TPSA) is 112 Å². The van der Waals surface area contributed by atoms with Crippen LogP contribution in [0.25, 0.3) is 0 Å². The second kappa shape index (κ2) is 7.25. The summed E-state index contributed by atoms with van der Waals surface area (Å²) in [6.45, 7) is 5.55. The van der Waals surface area contributed by atoms with Crippen LogP contribution in [0, 0.1) is 0 Å². The minimum Gasteiger partial charge on any atom is -0.481 e. The Morgan fingerprint density at radius 1 is 1.00 bits per heavy atom.